The molecule has 1 atom stereocenters. The highest BCUT2D eigenvalue weighted by Gasteiger charge is 2.38. The van der Waals surface area contributed by atoms with Crippen LogP contribution in [0.15, 0.2) is 27.5 Å². The van der Waals surface area contributed by atoms with Crippen LogP contribution in [0.4, 0.5) is 4.39 Å². The Hall–Kier alpha value is -3.11. The second-order valence-corrected chi connectivity index (χ2v) is 12.3. The van der Waals surface area contributed by atoms with Crippen LogP contribution in [0.3, 0.4) is 0 Å². The number of piperidine rings is 1. The lowest BCUT2D eigenvalue weighted by molar-refractivity contribution is -0.948. The van der Waals surface area contributed by atoms with E-state index in [0.29, 0.717) is 65.4 Å². The molecule has 10 heteroatoms. The monoisotopic (exact) mass is 569 g/mol. The molecule has 9 nitrogen and oxygen atoms in total. The Labute approximate surface area is 239 Å². The molecule has 1 saturated heterocycles. The number of aliphatic hydroxyl groups excluding tert-OH is 1. The van der Waals surface area contributed by atoms with Gasteiger partial charge >= 0.3 is 5.97 Å². The molecule has 2 aliphatic rings. The number of benzene rings is 1. The molecule has 0 aliphatic carbocycles. The van der Waals surface area contributed by atoms with Crippen LogP contribution in [-0.2, 0) is 22.5 Å². The number of aryl methyl sites for hydroxylation is 1. The first-order valence-corrected chi connectivity index (χ1v) is 15.0. The minimum Gasteiger partial charge on any atom is -0.415 e. The Bertz CT molecular complexity index is 1440. The van der Waals surface area contributed by atoms with Gasteiger partial charge in [-0.25, -0.2) is 9.37 Å². The van der Waals surface area contributed by atoms with Gasteiger partial charge in [0.05, 0.1) is 25.3 Å². The van der Waals surface area contributed by atoms with E-state index in [1.165, 1.54) is 12.1 Å². The van der Waals surface area contributed by atoms with Crippen LogP contribution in [-0.4, -0.2) is 56.6 Å². The number of esters is 1. The lowest BCUT2D eigenvalue weighted by Crippen LogP contribution is -2.55. The number of likely N-dealkylation sites (tertiary alicyclic amines) is 1. The Morgan fingerprint density at radius 2 is 2.05 bits per heavy atom. The van der Waals surface area contributed by atoms with Crippen LogP contribution in [0.1, 0.15) is 93.6 Å². The largest absolute Gasteiger partial charge is 0.415 e. The molecule has 0 saturated carbocycles. The average molecular weight is 570 g/mol. The maximum atomic E-state index is 13.7. The number of carbonyl (C=O) groups is 1. The first-order valence-electron chi connectivity index (χ1n) is 15.0. The topological polar surface area (TPSA) is 107 Å². The molecular formula is C31H42FN4O5+. The molecule has 0 spiro atoms. The molecule has 1 N–H and O–H groups in total. The lowest BCUT2D eigenvalue weighted by atomic mass is 9.90. The van der Waals surface area contributed by atoms with E-state index in [2.05, 4.69) is 24.0 Å². The van der Waals surface area contributed by atoms with Crippen molar-refractivity contribution in [1.29, 1.82) is 0 Å². The molecule has 222 valence electrons. The highest BCUT2D eigenvalue weighted by molar-refractivity contribution is 5.79. The van der Waals surface area contributed by atoms with Crippen molar-refractivity contribution in [1.82, 2.24) is 14.7 Å². The quantitative estimate of drug-likeness (QED) is 0.273. The van der Waals surface area contributed by atoms with E-state index < -0.39 is 6.10 Å². The third kappa shape index (κ3) is 6.54. The molecule has 0 bridgehead atoms. The van der Waals surface area contributed by atoms with Crippen molar-refractivity contribution in [2.24, 2.45) is 5.92 Å². The van der Waals surface area contributed by atoms with Gasteiger partial charge in [0.2, 0.25) is 6.73 Å². The normalized spacial score (nSPS) is 22.7. The zero-order valence-electron chi connectivity index (χ0n) is 24.4. The van der Waals surface area contributed by atoms with E-state index in [1.54, 1.807) is 10.6 Å². The summed E-state index contributed by atoms with van der Waals surface area (Å²) in [6.45, 7) is 9.08. The number of carbonyl (C=O) groups excluding carboxylic acids is 1. The van der Waals surface area contributed by atoms with Crippen molar-refractivity contribution in [2.75, 3.05) is 26.4 Å². The first kappa shape index (κ1) is 29.4. The molecule has 1 fully saturated rings. The van der Waals surface area contributed by atoms with Gasteiger partial charge in [-0.2, -0.15) is 0 Å². The van der Waals surface area contributed by atoms with Crippen LogP contribution in [0, 0.1) is 18.7 Å². The smallest absolute Gasteiger partial charge is 0.310 e. The molecule has 0 amide bonds. The van der Waals surface area contributed by atoms with Crippen LogP contribution in [0.2, 0.25) is 0 Å². The minimum atomic E-state index is -0.708. The van der Waals surface area contributed by atoms with Crippen molar-refractivity contribution in [2.45, 2.75) is 90.7 Å². The summed E-state index contributed by atoms with van der Waals surface area (Å²) in [5.41, 5.74) is 2.53. The Morgan fingerprint density at radius 1 is 1.27 bits per heavy atom. The maximum absolute atomic E-state index is 13.7. The molecule has 3 aromatic rings. The first-order chi connectivity index (χ1) is 19.7. The predicted octanol–water partition coefficient (Wildman–Crippen LogP) is 4.92. The fraction of sp³-hybridized carbons (Fsp3) is 0.613. The molecule has 1 unspecified atom stereocenters. The SMILES string of the molecule is Cc1nc2n(c(=O)c1CC[N+]1(COC(=O)CCCC(C)C)CCC(c3noc4cc(F)ccc34)CC1)CCCC2O. The van der Waals surface area contributed by atoms with Gasteiger partial charge in [0, 0.05) is 60.9 Å². The number of hydrogen-bond donors (Lipinski definition) is 1. The van der Waals surface area contributed by atoms with Crippen molar-refractivity contribution in [3.8, 4) is 0 Å². The predicted molar refractivity (Wildman–Crippen MR) is 152 cm³/mol. The van der Waals surface area contributed by atoms with Crippen LogP contribution < -0.4 is 5.56 Å². The minimum absolute atomic E-state index is 0.0775. The highest BCUT2D eigenvalue weighted by atomic mass is 19.1. The number of halogens is 1. The molecule has 4 heterocycles. The van der Waals surface area contributed by atoms with Crippen molar-refractivity contribution in [3.05, 3.63) is 57.1 Å². The lowest BCUT2D eigenvalue weighted by Gasteiger charge is -2.42. The molecule has 0 radical (unpaired) electrons. The fourth-order valence-electron chi connectivity index (χ4n) is 6.37. The van der Waals surface area contributed by atoms with Gasteiger partial charge in [0.25, 0.3) is 5.56 Å². The van der Waals surface area contributed by atoms with Gasteiger partial charge in [0.15, 0.2) is 5.58 Å². The van der Waals surface area contributed by atoms with Crippen molar-refractivity contribution < 1.29 is 28.0 Å². The van der Waals surface area contributed by atoms with E-state index in [4.69, 9.17) is 9.26 Å². The molecule has 41 heavy (non-hydrogen) atoms. The Balaban J connectivity index is 1.32. The second-order valence-electron chi connectivity index (χ2n) is 12.3. The van der Waals surface area contributed by atoms with Crippen molar-refractivity contribution >= 4 is 16.9 Å². The average Bonchev–Trinajstić information content (AvgIpc) is 3.36. The Kier molecular flexibility index (Phi) is 8.89. The number of quaternary nitrogens is 1. The van der Waals surface area contributed by atoms with E-state index >= 15 is 0 Å². The fourth-order valence-corrected chi connectivity index (χ4v) is 6.37. The molecular weight excluding hydrogens is 527 g/mol. The maximum Gasteiger partial charge on any atom is 0.310 e. The van der Waals surface area contributed by atoms with Crippen LogP contribution >= 0.6 is 0 Å². The molecule has 2 aliphatic heterocycles. The number of aliphatic hydroxyl groups is 1. The number of ether oxygens (including phenoxy) is 1. The second kappa shape index (κ2) is 12.4. The molecule has 2 aromatic heterocycles. The Morgan fingerprint density at radius 3 is 2.80 bits per heavy atom. The summed E-state index contributed by atoms with van der Waals surface area (Å²) in [6.07, 6.45) is 4.96. The summed E-state index contributed by atoms with van der Waals surface area (Å²) in [5.74, 6) is 0.608. The zero-order chi connectivity index (χ0) is 29.1. The molecule has 1 aromatic carbocycles. The van der Waals surface area contributed by atoms with Gasteiger partial charge in [-0.3, -0.25) is 18.6 Å². The van der Waals surface area contributed by atoms with Crippen molar-refractivity contribution in [3.63, 3.8) is 0 Å². The van der Waals surface area contributed by atoms with Gasteiger partial charge < -0.3 is 14.4 Å². The van der Waals surface area contributed by atoms with Gasteiger partial charge in [-0.05, 0) is 44.2 Å². The number of nitrogens with zero attached hydrogens (tertiary/aromatic N) is 4. The van der Waals surface area contributed by atoms with E-state index in [0.717, 1.165) is 56.3 Å². The summed E-state index contributed by atoms with van der Waals surface area (Å²) >= 11 is 0. The summed E-state index contributed by atoms with van der Waals surface area (Å²) in [6, 6.07) is 4.51. The summed E-state index contributed by atoms with van der Waals surface area (Å²) in [5, 5.41) is 15.5. The highest BCUT2D eigenvalue weighted by Crippen LogP contribution is 2.35. The number of aromatic nitrogens is 3. The standard InChI is InChI=1S/C31H42FN4O5/c1-20(2)6-4-8-28(38)40-19-36(17-13-24-21(3)33-30-26(37)7-5-14-35(30)31(24)39)15-11-22(12-16-36)29-25-10-9-23(32)18-27(25)41-34-29/h9-10,18,20,22,26,37H,4-8,11-17,19H2,1-3H3/q+1. The van der Waals surface area contributed by atoms with Crippen LogP contribution in [0.5, 0.6) is 0 Å². The number of fused-ring (bicyclic) bond motifs is 2. The van der Waals surface area contributed by atoms with E-state index in [-0.39, 0.29) is 30.0 Å². The van der Waals surface area contributed by atoms with Gasteiger partial charge in [-0.1, -0.05) is 25.4 Å². The van der Waals surface area contributed by atoms with E-state index in [9.17, 15) is 19.1 Å². The summed E-state index contributed by atoms with van der Waals surface area (Å²) < 4.78 is 27.1. The number of rotatable bonds is 10. The third-order valence-corrected chi connectivity index (χ3v) is 8.91. The summed E-state index contributed by atoms with van der Waals surface area (Å²) in [7, 11) is 0. The third-order valence-electron chi connectivity index (χ3n) is 8.91. The number of hydrogen-bond acceptors (Lipinski definition) is 7. The zero-order valence-corrected chi connectivity index (χ0v) is 24.4. The van der Waals surface area contributed by atoms with Gasteiger partial charge in [0.1, 0.15) is 17.7 Å². The molecule has 5 rings (SSSR count). The van der Waals surface area contributed by atoms with Crippen LogP contribution in [0.25, 0.3) is 11.0 Å². The van der Waals surface area contributed by atoms with E-state index in [1.807, 2.05) is 6.92 Å². The summed E-state index contributed by atoms with van der Waals surface area (Å²) in [4.78, 5) is 30.7. The van der Waals surface area contributed by atoms with Gasteiger partial charge in [-0.15, -0.1) is 0 Å².